The molecule has 96 valence electrons. The highest BCUT2D eigenvalue weighted by Gasteiger charge is 1.86. The zero-order valence-electron chi connectivity index (χ0n) is 11.3. The third-order valence-electron chi connectivity index (χ3n) is 1.03. The standard InChI is InChI=1S/C9H12.2C2H6.C2H4.CH4/c1-5-7-9(4)8(3)6-2;3*1-2;/h5-7H,2-4H2,1H3;2*1-2H3;1-2H2;1H4/b7-5-;;;;. The van der Waals surface area contributed by atoms with E-state index < -0.39 is 0 Å². The monoisotopic (exact) mass is 224 g/mol. The minimum Gasteiger partial charge on any atom is -0.106 e. The first kappa shape index (κ1) is 29.3. The molecule has 0 aliphatic heterocycles. The second kappa shape index (κ2) is 37.3. The van der Waals surface area contributed by atoms with E-state index in [1.54, 1.807) is 6.08 Å². The molecule has 16 heavy (non-hydrogen) atoms. The molecule has 0 heterocycles. The minimum atomic E-state index is 0. The van der Waals surface area contributed by atoms with E-state index in [-0.39, 0.29) is 7.43 Å². The van der Waals surface area contributed by atoms with Gasteiger partial charge in [0.05, 0.1) is 0 Å². The Kier molecular flexibility index (Phi) is 68.3. The minimum absolute atomic E-state index is 0. The third-order valence-corrected chi connectivity index (χ3v) is 1.03. The summed E-state index contributed by atoms with van der Waals surface area (Å²) in [6, 6.07) is 0. The summed E-state index contributed by atoms with van der Waals surface area (Å²) in [5, 5.41) is 0. The highest BCUT2D eigenvalue weighted by atomic mass is 13.9. The summed E-state index contributed by atoms with van der Waals surface area (Å²) in [6.45, 7) is 27.0. The van der Waals surface area contributed by atoms with Crippen LogP contribution < -0.4 is 0 Å². The van der Waals surface area contributed by atoms with E-state index in [2.05, 4.69) is 32.9 Å². The van der Waals surface area contributed by atoms with E-state index in [4.69, 9.17) is 0 Å². The van der Waals surface area contributed by atoms with Crippen molar-refractivity contribution in [3.63, 3.8) is 0 Å². The van der Waals surface area contributed by atoms with Crippen molar-refractivity contribution < 1.29 is 0 Å². The molecule has 0 bridgehead atoms. The molecule has 0 rings (SSSR count). The van der Waals surface area contributed by atoms with Crippen LogP contribution in [0.1, 0.15) is 42.0 Å². The van der Waals surface area contributed by atoms with Crippen LogP contribution in [0.15, 0.2) is 62.3 Å². The van der Waals surface area contributed by atoms with Gasteiger partial charge in [-0.1, -0.05) is 73.1 Å². The van der Waals surface area contributed by atoms with Crippen LogP contribution in [0, 0.1) is 0 Å². The average molecular weight is 224 g/mol. The predicted octanol–water partition coefficient (Wildman–Crippen LogP) is 6.35. The first-order chi connectivity index (χ1) is 7.22. The molecule has 0 N–H and O–H groups in total. The molecule has 0 aliphatic carbocycles. The van der Waals surface area contributed by atoms with Gasteiger partial charge in [-0.25, -0.2) is 0 Å². The van der Waals surface area contributed by atoms with Crippen LogP contribution in [0.25, 0.3) is 0 Å². The van der Waals surface area contributed by atoms with Crippen LogP contribution in [0.4, 0.5) is 0 Å². The lowest BCUT2D eigenvalue weighted by atomic mass is 10.1. The first-order valence-electron chi connectivity index (χ1n) is 5.35. The van der Waals surface area contributed by atoms with E-state index in [1.165, 1.54) is 0 Å². The van der Waals surface area contributed by atoms with Crippen molar-refractivity contribution in [1.82, 2.24) is 0 Å². The van der Waals surface area contributed by atoms with Crippen molar-refractivity contribution in [3.05, 3.63) is 62.3 Å². The molecule has 0 aromatic rings. The van der Waals surface area contributed by atoms with Gasteiger partial charge in [0.2, 0.25) is 0 Å². The van der Waals surface area contributed by atoms with Gasteiger partial charge in [0.15, 0.2) is 0 Å². The second-order valence-electron chi connectivity index (χ2n) is 1.75. The maximum absolute atomic E-state index is 3.76. The number of hydrogen-bond acceptors (Lipinski definition) is 0. The molecular formula is C16H32. The Labute approximate surface area is 105 Å². The topological polar surface area (TPSA) is 0 Å². The van der Waals surface area contributed by atoms with Crippen molar-refractivity contribution in [2.75, 3.05) is 0 Å². The molecule has 0 aliphatic rings. The fourth-order valence-electron chi connectivity index (χ4n) is 0.439. The molecule has 0 radical (unpaired) electrons. The van der Waals surface area contributed by atoms with Gasteiger partial charge in [-0.2, -0.15) is 0 Å². The summed E-state index contributed by atoms with van der Waals surface area (Å²) >= 11 is 0. The van der Waals surface area contributed by atoms with Gasteiger partial charge in [0, 0.05) is 0 Å². The molecule has 0 nitrogen and oxygen atoms in total. The second-order valence-corrected chi connectivity index (χ2v) is 1.75. The number of allylic oxidation sites excluding steroid dienone is 5. The Morgan fingerprint density at radius 3 is 1.38 bits per heavy atom. The van der Waals surface area contributed by atoms with Crippen molar-refractivity contribution in [2.45, 2.75) is 42.0 Å². The van der Waals surface area contributed by atoms with Gasteiger partial charge in [0.25, 0.3) is 0 Å². The maximum Gasteiger partial charge on any atom is -0.0266 e. The van der Waals surface area contributed by atoms with Crippen LogP contribution in [0.2, 0.25) is 0 Å². The van der Waals surface area contributed by atoms with E-state index in [0.29, 0.717) is 0 Å². The van der Waals surface area contributed by atoms with Gasteiger partial charge in [-0.05, 0) is 18.1 Å². The lowest BCUT2D eigenvalue weighted by Crippen LogP contribution is -1.74. The van der Waals surface area contributed by atoms with Crippen molar-refractivity contribution in [3.8, 4) is 0 Å². The average Bonchev–Trinajstić information content (AvgIpc) is 2.36. The normalized spacial score (nSPS) is 6.31. The molecule has 0 heteroatoms. The van der Waals surface area contributed by atoms with E-state index >= 15 is 0 Å². The molecule has 0 aromatic heterocycles. The van der Waals surface area contributed by atoms with Crippen molar-refractivity contribution in [2.24, 2.45) is 0 Å². The Hall–Kier alpha value is -1.30. The summed E-state index contributed by atoms with van der Waals surface area (Å²) in [6.07, 6.45) is 5.53. The molecule has 0 atom stereocenters. The molecule has 0 spiro atoms. The van der Waals surface area contributed by atoms with Crippen molar-refractivity contribution >= 4 is 0 Å². The summed E-state index contributed by atoms with van der Waals surface area (Å²) in [5.74, 6) is 0. The molecule has 0 amide bonds. The van der Waals surface area contributed by atoms with Gasteiger partial charge >= 0.3 is 0 Å². The zero-order valence-corrected chi connectivity index (χ0v) is 11.3. The maximum atomic E-state index is 3.76. The van der Waals surface area contributed by atoms with Crippen LogP contribution in [-0.2, 0) is 0 Å². The summed E-state index contributed by atoms with van der Waals surface area (Å²) in [7, 11) is 0. The smallest absolute Gasteiger partial charge is 0.0266 e. The lowest BCUT2D eigenvalue weighted by Gasteiger charge is -1.94. The van der Waals surface area contributed by atoms with Crippen LogP contribution >= 0.6 is 0 Å². The third kappa shape index (κ3) is 29.3. The molecule has 0 fully saturated rings. The summed E-state index contributed by atoms with van der Waals surface area (Å²) in [4.78, 5) is 0. The molecule has 0 saturated heterocycles. The van der Waals surface area contributed by atoms with E-state index in [1.807, 2.05) is 46.8 Å². The van der Waals surface area contributed by atoms with Crippen LogP contribution in [-0.4, -0.2) is 0 Å². The first-order valence-corrected chi connectivity index (χ1v) is 5.35. The fourth-order valence-corrected chi connectivity index (χ4v) is 0.439. The highest BCUT2D eigenvalue weighted by molar-refractivity contribution is 5.41. The van der Waals surface area contributed by atoms with E-state index in [0.717, 1.165) is 11.1 Å². The summed E-state index contributed by atoms with van der Waals surface area (Å²) < 4.78 is 0. The van der Waals surface area contributed by atoms with Gasteiger partial charge in [0.1, 0.15) is 0 Å². The van der Waals surface area contributed by atoms with Gasteiger partial charge in [-0.15, -0.1) is 13.2 Å². The molecule has 0 aromatic carbocycles. The number of hydrogen-bond donors (Lipinski definition) is 0. The fraction of sp³-hybridized carbons (Fsp3) is 0.375. The molecular weight excluding hydrogens is 192 g/mol. The largest absolute Gasteiger partial charge is 0.106 e. The number of rotatable bonds is 3. The molecule has 0 unspecified atom stereocenters. The predicted molar refractivity (Wildman–Crippen MR) is 84.0 cm³/mol. The highest BCUT2D eigenvalue weighted by Crippen LogP contribution is 2.06. The van der Waals surface area contributed by atoms with Crippen LogP contribution in [0.5, 0.6) is 0 Å². The zero-order chi connectivity index (χ0) is 13.3. The van der Waals surface area contributed by atoms with Gasteiger partial charge < -0.3 is 0 Å². The van der Waals surface area contributed by atoms with Gasteiger partial charge in [-0.3, -0.25) is 0 Å². The SMILES string of the molecule is C.C=C.C=CC(=C)C(=C)/C=C\C.CC.CC. The Morgan fingerprint density at radius 1 is 0.875 bits per heavy atom. The Balaban J connectivity index is -0.0000000498. The van der Waals surface area contributed by atoms with Crippen molar-refractivity contribution in [1.29, 1.82) is 0 Å². The lowest BCUT2D eigenvalue weighted by molar-refractivity contribution is 1.50. The van der Waals surface area contributed by atoms with Crippen LogP contribution in [0.3, 0.4) is 0 Å². The Morgan fingerprint density at radius 2 is 1.19 bits per heavy atom. The Bertz CT molecular complexity index is 170. The molecule has 0 saturated carbocycles. The van der Waals surface area contributed by atoms with E-state index in [9.17, 15) is 0 Å². The summed E-state index contributed by atoms with van der Waals surface area (Å²) in [5.41, 5.74) is 1.81. The quantitative estimate of drug-likeness (QED) is 0.387.